The fraction of sp³-hybridized carbons (Fsp3) is 0.400. The number of ether oxygens (including phenoxy) is 1. The van der Waals surface area contributed by atoms with Crippen LogP contribution in [0, 0.1) is 5.92 Å². The molecule has 32 heavy (non-hydrogen) atoms. The number of hydrogen-bond acceptors (Lipinski definition) is 5. The summed E-state index contributed by atoms with van der Waals surface area (Å²) in [5.41, 5.74) is 1.53. The molecule has 0 bridgehead atoms. The first-order valence-corrected chi connectivity index (χ1v) is 12.4. The number of halogens is 1. The number of rotatable bonds is 6. The summed E-state index contributed by atoms with van der Waals surface area (Å²) >= 11 is 7.73. The lowest BCUT2D eigenvalue weighted by Gasteiger charge is -2.39. The molecular formula is C25H29ClN2O3S. The summed E-state index contributed by atoms with van der Waals surface area (Å²) in [6.07, 6.45) is 6.37. The van der Waals surface area contributed by atoms with Gasteiger partial charge >= 0.3 is 0 Å². The fourth-order valence-corrected chi connectivity index (χ4v) is 5.89. The highest BCUT2D eigenvalue weighted by Crippen LogP contribution is 2.43. The van der Waals surface area contributed by atoms with Crippen LogP contribution < -0.4 is 10.1 Å². The van der Waals surface area contributed by atoms with E-state index in [0.29, 0.717) is 23.2 Å². The van der Waals surface area contributed by atoms with E-state index in [4.69, 9.17) is 16.3 Å². The number of amides is 1. The highest BCUT2D eigenvalue weighted by Gasteiger charge is 2.42. The van der Waals surface area contributed by atoms with Crippen LogP contribution in [-0.4, -0.2) is 34.1 Å². The molecule has 5 nitrogen and oxygen atoms in total. The highest BCUT2D eigenvalue weighted by molar-refractivity contribution is 8.05. The molecule has 0 spiro atoms. The van der Waals surface area contributed by atoms with Gasteiger partial charge in [-0.15, -0.1) is 0 Å². The van der Waals surface area contributed by atoms with E-state index in [0.717, 1.165) is 30.5 Å². The van der Waals surface area contributed by atoms with Crippen molar-refractivity contribution < 1.29 is 14.6 Å². The first-order valence-electron chi connectivity index (χ1n) is 11.2. The molecule has 2 N–H and O–H groups in total. The van der Waals surface area contributed by atoms with Gasteiger partial charge in [-0.05, 0) is 61.6 Å². The molecule has 0 aromatic heterocycles. The maximum absolute atomic E-state index is 13.6. The lowest BCUT2D eigenvalue weighted by atomic mass is 9.85. The summed E-state index contributed by atoms with van der Waals surface area (Å²) in [6, 6.07) is 13.6. The van der Waals surface area contributed by atoms with E-state index >= 15 is 0 Å². The van der Waals surface area contributed by atoms with Gasteiger partial charge in [-0.3, -0.25) is 4.79 Å². The number of phenols is 1. The van der Waals surface area contributed by atoms with E-state index in [9.17, 15) is 9.90 Å². The second-order valence-corrected chi connectivity index (χ2v) is 9.84. The van der Waals surface area contributed by atoms with Crippen molar-refractivity contribution in [3.05, 3.63) is 58.0 Å². The molecule has 1 heterocycles. The zero-order chi connectivity index (χ0) is 22.7. The standard InChI is InChI=1S/C25H29ClN2O3S/c1-3-31-21-14-17(13-19(26)23(21)29)15-22-24(30)28(20-12-8-7-9-16(20)2)25(32-22)27-18-10-5-4-6-11-18/h4-6,10-11,13-16,20,25,27,29H,3,7-9,12H2,1-2H3/b22-15-/t16-,20+,25?/m1/s1. The van der Waals surface area contributed by atoms with Crippen molar-refractivity contribution in [2.75, 3.05) is 11.9 Å². The highest BCUT2D eigenvalue weighted by atomic mass is 35.5. The van der Waals surface area contributed by atoms with Crippen molar-refractivity contribution in [1.82, 2.24) is 4.90 Å². The Morgan fingerprint density at radius 3 is 2.72 bits per heavy atom. The smallest absolute Gasteiger partial charge is 0.262 e. The Labute approximate surface area is 198 Å². The molecule has 0 radical (unpaired) electrons. The zero-order valence-electron chi connectivity index (χ0n) is 18.4. The van der Waals surface area contributed by atoms with Crippen molar-refractivity contribution >= 4 is 41.0 Å². The third-order valence-electron chi connectivity index (χ3n) is 6.07. The Kier molecular flexibility index (Phi) is 7.21. The van der Waals surface area contributed by atoms with Crippen LogP contribution in [0.5, 0.6) is 11.5 Å². The van der Waals surface area contributed by atoms with Crippen LogP contribution in [0.25, 0.3) is 6.08 Å². The predicted molar refractivity (Wildman–Crippen MR) is 132 cm³/mol. The Hall–Kier alpha value is -2.31. The number of benzene rings is 2. The van der Waals surface area contributed by atoms with Crippen molar-refractivity contribution in [2.24, 2.45) is 5.92 Å². The van der Waals surface area contributed by atoms with Crippen LogP contribution in [-0.2, 0) is 4.79 Å². The van der Waals surface area contributed by atoms with Crippen LogP contribution in [0.3, 0.4) is 0 Å². The summed E-state index contributed by atoms with van der Waals surface area (Å²) in [4.78, 5) is 16.3. The molecule has 1 aliphatic carbocycles. The quantitative estimate of drug-likeness (QED) is 0.480. The van der Waals surface area contributed by atoms with E-state index in [-0.39, 0.29) is 28.2 Å². The number of carbonyl (C=O) groups excluding carboxylic acids is 1. The van der Waals surface area contributed by atoms with Crippen LogP contribution >= 0.6 is 23.4 Å². The van der Waals surface area contributed by atoms with Crippen molar-refractivity contribution in [2.45, 2.75) is 51.1 Å². The normalized spacial score (nSPS) is 24.7. The maximum Gasteiger partial charge on any atom is 0.262 e. The van der Waals surface area contributed by atoms with E-state index in [1.807, 2.05) is 48.2 Å². The molecule has 1 aliphatic heterocycles. The molecule has 2 aromatic rings. The molecule has 1 saturated carbocycles. The van der Waals surface area contributed by atoms with Gasteiger partial charge in [0.25, 0.3) is 5.91 Å². The molecule has 1 amide bonds. The maximum atomic E-state index is 13.6. The summed E-state index contributed by atoms with van der Waals surface area (Å²) in [5, 5.41) is 13.9. The summed E-state index contributed by atoms with van der Waals surface area (Å²) in [7, 11) is 0. The van der Waals surface area contributed by atoms with Gasteiger partial charge in [0.2, 0.25) is 0 Å². The number of thioether (sulfide) groups is 1. The number of para-hydroxylation sites is 1. The SMILES string of the molecule is CCOc1cc(/C=C2\SC(Nc3ccccc3)N([C@H]3CCCC[C@H]3C)C2=O)cc(Cl)c1O. The molecule has 170 valence electrons. The summed E-state index contributed by atoms with van der Waals surface area (Å²) in [5.74, 6) is 0.728. The number of anilines is 1. The topological polar surface area (TPSA) is 61.8 Å². The minimum atomic E-state index is -0.180. The van der Waals surface area contributed by atoms with Gasteiger partial charge in [0.05, 0.1) is 16.5 Å². The van der Waals surface area contributed by atoms with Crippen LogP contribution in [0.1, 0.15) is 45.1 Å². The number of aromatic hydroxyl groups is 1. The Morgan fingerprint density at radius 1 is 1.25 bits per heavy atom. The van der Waals surface area contributed by atoms with Gasteiger partial charge in [-0.25, -0.2) is 0 Å². The van der Waals surface area contributed by atoms with Gasteiger partial charge in [-0.2, -0.15) is 0 Å². The number of phenolic OH excluding ortho intramolecular Hbond substituents is 1. The van der Waals surface area contributed by atoms with E-state index in [1.165, 1.54) is 18.2 Å². The summed E-state index contributed by atoms with van der Waals surface area (Å²) < 4.78 is 5.50. The molecule has 1 unspecified atom stereocenters. The lowest BCUT2D eigenvalue weighted by Crippen LogP contribution is -2.48. The predicted octanol–water partition coefficient (Wildman–Crippen LogP) is 6.34. The molecule has 2 aliphatic rings. The first-order chi connectivity index (χ1) is 15.5. The monoisotopic (exact) mass is 472 g/mol. The van der Waals surface area contributed by atoms with Crippen LogP contribution in [0.4, 0.5) is 5.69 Å². The van der Waals surface area contributed by atoms with Crippen LogP contribution in [0.15, 0.2) is 47.4 Å². The van der Waals surface area contributed by atoms with Crippen molar-refractivity contribution in [1.29, 1.82) is 0 Å². The van der Waals surface area contributed by atoms with Gasteiger partial charge in [0.1, 0.15) is 0 Å². The second kappa shape index (κ2) is 10.1. The fourth-order valence-electron chi connectivity index (χ4n) is 4.46. The van der Waals surface area contributed by atoms with Gasteiger partial charge < -0.3 is 20.1 Å². The first kappa shape index (κ1) is 22.9. The Balaban J connectivity index is 1.67. The summed E-state index contributed by atoms with van der Waals surface area (Å²) in [6.45, 7) is 4.50. The van der Waals surface area contributed by atoms with Crippen LogP contribution in [0.2, 0.25) is 5.02 Å². The largest absolute Gasteiger partial charge is 0.503 e. The van der Waals surface area contributed by atoms with E-state index in [1.54, 1.807) is 12.1 Å². The number of nitrogens with zero attached hydrogens (tertiary/aromatic N) is 1. The van der Waals surface area contributed by atoms with Crippen molar-refractivity contribution in [3.63, 3.8) is 0 Å². The Morgan fingerprint density at radius 2 is 2.00 bits per heavy atom. The zero-order valence-corrected chi connectivity index (χ0v) is 20.0. The molecular weight excluding hydrogens is 444 g/mol. The second-order valence-electron chi connectivity index (χ2n) is 8.31. The average molecular weight is 473 g/mol. The molecule has 2 aromatic carbocycles. The molecule has 1 saturated heterocycles. The molecule has 7 heteroatoms. The number of hydrogen-bond donors (Lipinski definition) is 2. The molecule has 3 atom stereocenters. The average Bonchev–Trinajstić information content (AvgIpc) is 3.07. The molecule has 2 fully saturated rings. The van der Waals surface area contributed by atoms with Gasteiger partial charge in [0.15, 0.2) is 17.0 Å². The van der Waals surface area contributed by atoms with Gasteiger partial charge in [0, 0.05) is 11.7 Å². The van der Waals surface area contributed by atoms with Gasteiger partial charge in [-0.1, -0.05) is 61.3 Å². The third kappa shape index (κ3) is 4.86. The van der Waals surface area contributed by atoms with Crippen molar-refractivity contribution in [3.8, 4) is 11.5 Å². The van der Waals surface area contributed by atoms with E-state index < -0.39 is 0 Å². The van der Waals surface area contributed by atoms with E-state index in [2.05, 4.69) is 12.2 Å². The minimum absolute atomic E-state index is 0.0318. The third-order valence-corrected chi connectivity index (χ3v) is 7.48. The number of carbonyl (C=O) groups is 1. The minimum Gasteiger partial charge on any atom is -0.503 e. The Bertz CT molecular complexity index is 998. The lowest BCUT2D eigenvalue weighted by molar-refractivity contribution is -0.129. The molecule has 4 rings (SSSR count). The number of nitrogens with one attached hydrogen (secondary N) is 1.